The van der Waals surface area contributed by atoms with Gasteiger partial charge in [-0.15, -0.1) is 11.6 Å². The molecule has 21 heavy (non-hydrogen) atoms. The van der Waals surface area contributed by atoms with E-state index in [1.165, 1.54) is 0 Å². The average molecular weight is 384 g/mol. The molecule has 0 aromatic heterocycles. The van der Waals surface area contributed by atoms with Gasteiger partial charge in [0.25, 0.3) is 0 Å². The van der Waals surface area contributed by atoms with Crippen molar-refractivity contribution < 1.29 is 18.0 Å². The number of nitrogens with two attached hydrogens (primary N) is 1. The first-order valence-electron chi connectivity index (χ1n) is 5.33. The molecule has 118 valence electrons. The minimum Gasteiger partial charge on any atom is -0.351 e. The van der Waals surface area contributed by atoms with Crippen LogP contribution in [0.3, 0.4) is 0 Å². The fraction of sp³-hybridized carbons (Fsp3) is 0.364. The summed E-state index contributed by atoms with van der Waals surface area (Å²) >= 11 is 22.9. The van der Waals surface area contributed by atoms with Crippen molar-refractivity contribution in [2.75, 3.05) is 5.32 Å². The summed E-state index contributed by atoms with van der Waals surface area (Å²) in [5, 5.41) is 0.733. The second-order valence-corrected chi connectivity index (χ2v) is 6.90. The Hall–Kier alpha value is -0.560. The van der Waals surface area contributed by atoms with Crippen LogP contribution in [0.15, 0.2) is 12.1 Å². The maximum absolute atomic E-state index is 12.9. The van der Waals surface area contributed by atoms with Gasteiger partial charge in [-0.1, -0.05) is 34.8 Å². The molecule has 1 rings (SSSR count). The summed E-state index contributed by atoms with van der Waals surface area (Å²) in [4.78, 5) is 10.9. The molecule has 0 fully saturated rings. The summed E-state index contributed by atoms with van der Waals surface area (Å²) in [6, 6.07) is 0.803. The molecule has 0 aliphatic heterocycles. The number of nitrogens with one attached hydrogen (secondary N) is 1. The number of hydrogen-bond donors (Lipinski definition) is 2. The predicted molar refractivity (Wildman–Crippen MR) is 78.3 cm³/mol. The second kappa shape index (κ2) is 6.28. The fourth-order valence-corrected chi connectivity index (χ4v) is 2.38. The van der Waals surface area contributed by atoms with Gasteiger partial charge in [0.15, 0.2) is 0 Å². The van der Waals surface area contributed by atoms with Gasteiger partial charge in [0.2, 0.25) is 3.79 Å². The SMILES string of the molecule is Cc1c(C(F)(F)F)ccc(NC(N)=O)c1C(Cl)C(Cl)(Cl)Cl. The summed E-state index contributed by atoms with van der Waals surface area (Å²) in [6.07, 6.45) is -4.62. The Morgan fingerprint density at radius 2 is 1.81 bits per heavy atom. The molecule has 2 amide bonds. The fourth-order valence-electron chi connectivity index (χ4n) is 1.77. The van der Waals surface area contributed by atoms with Crippen LogP contribution >= 0.6 is 46.4 Å². The standard InChI is InChI=1S/C11H9Cl4F3N2O/c1-4-5(11(16,17)18)2-3-6(20-9(19)21)7(4)8(12)10(13,14)15/h2-3,8H,1H3,(H3,19,20,21). The lowest BCUT2D eigenvalue weighted by molar-refractivity contribution is -0.138. The van der Waals surface area contributed by atoms with Gasteiger partial charge in [-0.2, -0.15) is 13.2 Å². The molecule has 0 radical (unpaired) electrons. The first-order valence-corrected chi connectivity index (χ1v) is 6.90. The first-order chi connectivity index (χ1) is 9.35. The van der Waals surface area contributed by atoms with Gasteiger partial charge in [0, 0.05) is 11.3 Å². The predicted octanol–water partition coefficient (Wildman–Crippen LogP) is 5.15. The molecule has 0 heterocycles. The van der Waals surface area contributed by atoms with Gasteiger partial charge in [-0.3, -0.25) is 0 Å². The molecule has 1 atom stereocenters. The molecule has 1 unspecified atom stereocenters. The molecule has 0 bridgehead atoms. The summed E-state index contributed by atoms with van der Waals surface area (Å²) in [7, 11) is 0. The summed E-state index contributed by atoms with van der Waals surface area (Å²) in [6.45, 7) is 1.16. The van der Waals surface area contributed by atoms with Gasteiger partial charge in [-0.05, 0) is 24.6 Å². The molecule has 3 nitrogen and oxygen atoms in total. The third kappa shape index (κ3) is 4.45. The number of anilines is 1. The molecule has 0 saturated carbocycles. The number of rotatable bonds is 2. The average Bonchev–Trinajstić information content (AvgIpc) is 2.24. The minimum absolute atomic E-state index is 0.0562. The van der Waals surface area contributed by atoms with E-state index in [1.807, 2.05) is 0 Å². The van der Waals surface area contributed by atoms with E-state index in [2.05, 4.69) is 5.32 Å². The van der Waals surface area contributed by atoms with E-state index >= 15 is 0 Å². The van der Waals surface area contributed by atoms with Crippen molar-refractivity contribution in [3.63, 3.8) is 0 Å². The molecule has 10 heteroatoms. The second-order valence-electron chi connectivity index (χ2n) is 4.09. The maximum Gasteiger partial charge on any atom is 0.416 e. The Balaban J connectivity index is 3.56. The largest absolute Gasteiger partial charge is 0.416 e. The number of benzene rings is 1. The number of urea groups is 1. The van der Waals surface area contributed by atoms with E-state index in [1.54, 1.807) is 0 Å². The lowest BCUT2D eigenvalue weighted by Gasteiger charge is -2.25. The van der Waals surface area contributed by atoms with E-state index < -0.39 is 26.9 Å². The highest BCUT2D eigenvalue weighted by molar-refractivity contribution is 6.70. The van der Waals surface area contributed by atoms with E-state index in [-0.39, 0.29) is 16.8 Å². The van der Waals surface area contributed by atoms with Crippen LogP contribution in [0.25, 0.3) is 0 Å². The Morgan fingerprint density at radius 3 is 2.19 bits per heavy atom. The van der Waals surface area contributed by atoms with Crippen LogP contribution < -0.4 is 11.1 Å². The van der Waals surface area contributed by atoms with Crippen molar-refractivity contribution in [2.45, 2.75) is 22.3 Å². The summed E-state index contributed by atoms with van der Waals surface area (Å²) in [5.41, 5.74) is 3.53. The number of primary amides is 1. The number of halogens is 7. The molecule has 3 N–H and O–H groups in total. The van der Waals surface area contributed by atoms with E-state index in [9.17, 15) is 18.0 Å². The molecule has 0 aliphatic carbocycles. The number of hydrogen-bond acceptors (Lipinski definition) is 1. The van der Waals surface area contributed by atoms with Crippen LogP contribution in [0.4, 0.5) is 23.7 Å². The molecule has 1 aromatic carbocycles. The van der Waals surface area contributed by atoms with E-state index in [0.29, 0.717) is 0 Å². The van der Waals surface area contributed by atoms with Crippen molar-refractivity contribution in [3.8, 4) is 0 Å². The molecular formula is C11H9Cl4F3N2O. The molecule has 0 saturated heterocycles. The van der Waals surface area contributed by atoms with Crippen molar-refractivity contribution in [1.29, 1.82) is 0 Å². The normalized spacial score (nSPS) is 13.9. The number of alkyl halides is 7. The van der Waals surface area contributed by atoms with Crippen molar-refractivity contribution in [2.24, 2.45) is 5.73 Å². The number of carbonyl (C=O) groups is 1. The van der Waals surface area contributed by atoms with Crippen LogP contribution in [0.5, 0.6) is 0 Å². The zero-order valence-electron chi connectivity index (χ0n) is 10.4. The Bertz CT molecular complexity index is 558. The van der Waals surface area contributed by atoms with E-state index in [0.717, 1.165) is 19.1 Å². The van der Waals surface area contributed by atoms with Gasteiger partial charge < -0.3 is 11.1 Å². The lowest BCUT2D eigenvalue weighted by Crippen LogP contribution is -2.23. The van der Waals surface area contributed by atoms with Crippen LogP contribution in [-0.4, -0.2) is 9.82 Å². The Labute approximate surface area is 138 Å². The van der Waals surface area contributed by atoms with Crippen LogP contribution in [0.1, 0.15) is 22.1 Å². The highest BCUT2D eigenvalue weighted by Crippen LogP contribution is 2.49. The molecule has 0 aliphatic rings. The zero-order valence-corrected chi connectivity index (χ0v) is 13.4. The van der Waals surface area contributed by atoms with Gasteiger partial charge in [0.1, 0.15) is 5.38 Å². The molecule has 0 spiro atoms. The third-order valence-electron chi connectivity index (χ3n) is 2.62. The molecular weight excluding hydrogens is 375 g/mol. The summed E-state index contributed by atoms with van der Waals surface area (Å²) < 4.78 is 36.7. The minimum atomic E-state index is -4.62. The van der Waals surface area contributed by atoms with E-state index in [4.69, 9.17) is 52.1 Å². The smallest absolute Gasteiger partial charge is 0.351 e. The van der Waals surface area contributed by atoms with Gasteiger partial charge in [0.05, 0.1) is 5.56 Å². The van der Waals surface area contributed by atoms with Crippen LogP contribution in [0.2, 0.25) is 0 Å². The Kier molecular flexibility index (Phi) is 5.53. The van der Waals surface area contributed by atoms with Gasteiger partial charge in [-0.25, -0.2) is 4.79 Å². The monoisotopic (exact) mass is 382 g/mol. The van der Waals surface area contributed by atoms with Gasteiger partial charge >= 0.3 is 12.2 Å². The highest BCUT2D eigenvalue weighted by Gasteiger charge is 2.39. The Morgan fingerprint density at radius 1 is 1.29 bits per heavy atom. The quantitative estimate of drug-likeness (QED) is 0.681. The van der Waals surface area contributed by atoms with Crippen molar-refractivity contribution >= 4 is 58.1 Å². The lowest BCUT2D eigenvalue weighted by atomic mass is 9.97. The number of amides is 2. The van der Waals surface area contributed by atoms with Crippen LogP contribution in [0, 0.1) is 6.92 Å². The third-order valence-corrected chi connectivity index (χ3v) is 4.15. The zero-order chi connectivity index (χ0) is 16.6. The van der Waals surface area contributed by atoms with Crippen molar-refractivity contribution in [3.05, 3.63) is 28.8 Å². The topological polar surface area (TPSA) is 55.1 Å². The van der Waals surface area contributed by atoms with Crippen molar-refractivity contribution in [1.82, 2.24) is 0 Å². The highest BCUT2D eigenvalue weighted by atomic mass is 35.6. The maximum atomic E-state index is 12.9. The summed E-state index contributed by atoms with van der Waals surface area (Å²) in [5.74, 6) is 0. The number of carbonyl (C=O) groups excluding carboxylic acids is 1. The molecule has 1 aromatic rings. The van der Waals surface area contributed by atoms with Crippen LogP contribution in [-0.2, 0) is 6.18 Å². The first kappa shape index (κ1) is 18.5.